The Morgan fingerprint density at radius 2 is 1.48 bits per heavy atom. The molecule has 2 rings (SSSR count). The molecule has 0 spiro atoms. The van der Waals surface area contributed by atoms with E-state index in [0.717, 1.165) is 22.3 Å². The maximum absolute atomic E-state index is 12.7. The van der Waals surface area contributed by atoms with Crippen LogP contribution in [0.15, 0.2) is 47.4 Å². The van der Waals surface area contributed by atoms with Gasteiger partial charge in [-0.2, -0.15) is 0 Å². The largest absolute Gasteiger partial charge is 0.241 e. The predicted octanol–water partition coefficient (Wildman–Crippen LogP) is 3.65. The van der Waals surface area contributed by atoms with Gasteiger partial charge in [-0.15, -0.1) is 0 Å². The van der Waals surface area contributed by atoms with E-state index in [1.807, 2.05) is 70.2 Å². The number of nitrogens with one attached hydrogen (secondary N) is 1. The highest BCUT2D eigenvalue weighted by Crippen LogP contribution is 2.23. The van der Waals surface area contributed by atoms with Gasteiger partial charge in [0.2, 0.25) is 10.0 Å². The predicted molar refractivity (Wildman–Crippen MR) is 85.8 cm³/mol. The van der Waals surface area contributed by atoms with Crippen molar-refractivity contribution >= 4 is 10.0 Å². The second-order valence-electron chi connectivity index (χ2n) is 5.48. The molecule has 112 valence electrons. The Hall–Kier alpha value is -1.65. The van der Waals surface area contributed by atoms with Crippen LogP contribution in [0, 0.1) is 20.8 Å². The average molecular weight is 303 g/mol. The topological polar surface area (TPSA) is 46.2 Å². The summed E-state index contributed by atoms with van der Waals surface area (Å²) in [7, 11) is -3.54. The Morgan fingerprint density at radius 3 is 2.00 bits per heavy atom. The first-order valence-electron chi connectivity index (χ1n) is 6.96. The van der Waals surface area contributed by atoms with E-state index in [1.54, 1.807) is 0 Å². The maximum Gasteiger partial charge on any atom is 0.241 e. The zero-order chi connectivity index (χ0) is 15.6. The molecule has 2 aromatic rings. The number of benzene rings is 2. The first-order valence-corrected chi connectivity index (χ1v) is 8.44. The Balaban J connectivity index is 2.36. The van der Waals surface area contributed by atoms with Gasteiger partial charge in [-0.3, -0.25) is 0 Å². The number of aryl methyl sites for hydroxylation is 3. The summed E-state index contributed by atoms with van der Waals surface area (Å²) in [5.41, 5.74) is 3.57. The summed E-state index contributed by atoms with van der Waals surface area (Å²) >= 11 is 0. The molecular weight excluding hydrogens is 282 g/mol. The zero-order valence-electron chi connectivity index (χ0n) is 12.8. The molecule has 0 amide bonds. The second-order valence-corrected chi connectivity index (χ2v) is 7.13. The molecule has 0 radical (unpaired) electrons. The fourth-order valence-corrected chi connectivity index (χ4v) is 4.38. The summed E-state index contributed by atoms with van der Waals surface area (Å²) in [4.78, 5) is 0.385. The van der Waals surface area contributed by atoms with Crippen molar-refractivity contribution in [3.63, 3.8) is 0 Å². The van der Waals surface area contributed by atoms with E-state index in [2.05, 4.69) is 4.72 Å². The van der Waals surface area contributed by atoms with Gasteiger partial charge >= 0.3 is 0 Å². The van der Waals surface area contributed by atoms with E-state index in [-0.39, 0.29) is 6.04 Å². The average Bonchev–Trinajstić information content (AvgIpc) is 2.37. The van der Waals surface area contributed by atoms with E-state index in [4.69, 9.17) is 0 Å². The first kappa shape index (κ1) is 15.7. The molecule has 0 aliphatic rings. The molecule has 0 fully saturated rings. The molecule has 0 heterocycles. The zero-order valence-corrected chi connectivity index (χ0v) is 13.7. The van der Waals surface area contributed by atoms with E-state index >= 15 is 0 Å². The fraction of sp³-hybridized carbons (Fsp3) is 0.294. The van der Waals surface area contributed by atoms with Crippen molar-refractivity contribution in [2.45, 2.75) is 38.6 Å². The molecule has 0 aromatic heterocycles. The summed E-state index contributed by atoms with van der Waals surface area (Å²) in [5, 5.41) is 0. The lowest BCUT2D eigenvalue weighted by atomic mass is 10.1. The Labute approximate surface area is 127 Å². The van der Waals surface area contributed by atoms with E-state index < -0.39 is 10.0 Å². The van der Waals surface area contributed by atoms with Crippen LogP contribution in [-0.2, 0) is 10.0 Å². The number of rotatable bonds is 4. The van der Waals surface area contributed by atoms with Crippen molar-refractivity contribution in [2.24, 2.45) is 0 Å². The summed E-state index contributed by atoms with van der Waals surface area (Å²) in [5.74, 6) is 0. The van der Waals surface area contributed by atoms with Crippen molar-refractivity contribution in [3.8, 4) is 0 Å². The molecule has 1 N–H and O–H groups in total. The molecule has 2 aromatic carbocycles. The van der Waals surface area contributed by atoms with Crippen LogP contribution in [0.2, 0.25) is 0 Å². The lowest BCUT2D eigenvalue weighted by molar-refractivity contribution is 0.565. The van der Waals surface area contributed by atoms with Gasteiger partial charge in [0.25, 0.3) is 0 Å². The van der Waals surface area contributed by atoms with Crippen LogP contribution in [0.3, 0.4) is 0 Å². The monoisotopic (exact) mass is 303 g/mol. The molecule has 3 nitrogen and oxygen atoms in total. The Kier molecular flexibility index (Phi) is 4.49. The molecule has 0 saturated carbocycles. The van der Waals surface area contributed by atoms with Crippen molar-refractivity contribution in [1.29, 1.82) is 0 Å². The third-order valence-electron chi connectivity index (χ3n) is 3.50. The molecule has 1 atom stereocenters. The minimum atomic E-state index is -3.54. The molecule has 0 aliphatic carbocycles. The SMILES string of the molecule is Cc1cc(C)c(S(=O)(=O)N[C@@H](C)c2ccccc2)c(C)c1. The smallest absolute Gasteiger partial charge is 0.207 e. The molecule has 0 saturated heterocycles. The van der Waals surface area contributed by atoms with E-state index in [1.165, 1.54) is 0 Å². The Morgan fingerprint density at radius 1 is 0.952 bits per heavy atom. The summed E-state index contributed by atoms with van der Waals surface area (Å²) in [6.45, 7) is 7.49. The molecule has 0 unspecified atom stereocenters. The molecule has 0 bridgehead atoms. The normalized spacial score (nSPS) is 13.1. The maximum atomic E-state index is 12.7. The van der Waals surface area contributed by atoms with E-state index in [0.29, 0.717) is 4.90 Å². The summed E-state index contributed by atoms with van der Waals surface area (Å²) in [6, 6.07) is 13.1. The van der Waals surface area contributed by atoms with Crippen LogP contribution in [0.5, 0.6) is 0 Å². The van der Waals surface area contributed by atoms with Gasteiger partial charge < -0.3 is 0 Å². The van der Waals surface area contributed by atoms with Crippen molar-refractivity contribution in [1.82, 2.24) is 4.72 Å². The van der Waals surface area contributed by atoms with Gasteiger partial charge in [0.05, 0.1) is 4.90 Å². The van der Waals surface area contributed by atoms with Gasteiger partial charge in [0, 0.05) is 6.04 Å². The lowest BCUT2D eigenvalue weighted by Crippen LogP contribution is -2.28. The van der Waals surface area contributed by atoms with Crippen molar-refractivity contribution < 1.29 is 8.42 Å². The summed E-state index contributed by atoms with van der Waals surface area (Å²) in [6.07, 6.45) is 0. The summed E-state index contributed by atoms with van der Waals surface area (Å²) < 4.78 is 28.1. The van der Waals surface area contributed by atoms with Crippen LogP contribution < -0.4 is 4.72 Å². The quantitative estimate of drug-likeness (QED) is 0.937. The number of hydrogen-bond donors (Lipinski definition) is 1. The Bertz CT molecular complexity index is 714. The highest BCUT2D eigenvalue weighted by Gasteiger charge is 2.22. The van der Waals surface area contributed by atoms with Crippen LogP contribution in [0.25, 0.3) is 0 Å². The standard InChI is InChI=1S/C17H21NO2S/c1-12-10-13(2)17(14(3)11-12)21(19,20)18-15(4)16-8-6-5-7-9-16/h5-11,15,18H,1-4H3/t15-/m0/s1. The third-order valence-corrected chi connectivity index (χ3v) is 5.35. The number of sulfonamides is 1. The van der Waals surface area contributed by atoms with Gasteiger partial charge in [0.1, 0.15) is 0 Å². The van der Waals surface area contributed by atoms with Crippen molar-refractivity contribution in [3.05, 3.63) is 64.7 Å². The highest BCUT2D eigenvalue weighted by molar-refractivity contribution is 7.89. The first-order chi connectivity index (χ1) is 9.81. The minimum absolute atomic E-state index is 0.267. The van der Waals surface area contributed by atoms with Crippen molar-refractivity contribution in [2.75, 3.05) is 0 Å². The van der Waals surface area contributed by atoms with E-state index in [9.17, 15) is 8.42 Å². The van der Waals surface area contributed by atoms with Crippen LogP contribution >= 0.6 is 0 Å². The molecule has 0 aliphatic heterocycles. The fourth-order valence-electron chi connectivity index (χ4n) is 2.69. The third kappa shape index (κ3) is 3.52. The van der Waals surface area contributed by atoms with Crippen LogP contribution in [0.4, 0.5) is 0 Å². The molecule has 21 heavy (non-hydrogen) atoms. The van der Waals surface area contributed by atoms with Gasteiger partial charge in [-0.25, -0.2) is 13.1 Å². The lowest BCUT2D eigenvalue weighted by Gasteiger charge is -2.17. The van der Waals surface area contributed by atoms with Gasteiger partial charge in [-0.1, -0.05) is 48.0 Å². The van der Waals surface area contributed by atoms with Crippen LogP contribution in [-0.4, -0.2) is 8.42 Å². The van der Waals surface area contributed by atoms with Crippen LogP contribution in [0.1, 0.15) is 35.2 Å². The van der Waals surface area contributed by atoms with Gasteiger partial charge in [-0.05, 0) is 44.4 Å². The van der Waals surface area contributed by atoms with Gasteiger partial charge in [0.15, 0.2) is 0 Å². The number of hydrogen-bond acceptors (Lipinski definition) is 2. The molecule has 4 heteroatoms. The highest BCUT2D eigenvalue weighted by atomic mass is 32.2. The second kappa shape index (κ2) is 6.00. The molecular formula is C17H21NO2S. The minimum Gasteiger partial charge on any atom is -0.207 e.